The van der Waals surface area contributed by atoms with Crippen LogP contribution in [0.15, 0.2) is 54.7 Å². The molecule has 32 heavy (non-hydrogen) atoms. The van der Waals surface area contributed by atoms with Crippen molar-refractivity contribution >= 4 is 34.2 Å². The van der Waals surface area contributed by atoms with Crippen molar-refractivity contribution in [2.75, 3.05) is 32.1 Å². The number of aromatic nitrogens is 1. The Morgan fingerprint density at radius 1 is 1.06 bits per heavy atom. The number of hydrogen-bond donors (Lipinski definition) is 1. The first-order valence-corrected chi connectivity index (χ1v) is 10.9. The number of carbonyl (C=O) groups is 2. The van der Waals surface area contributed by atoms with Crippen molar-refractivity contribution < 1.29 is 19.1 Å². The molecule has 4 rings (SSSR count). The van der Waals surface area contributed by atoms with Crippen molar-refractivity contribution in [3.63, 3.8) is 0 Å². The number of fused-ring (bicyclic) bond motifs is 1. The molecule has 1 saturated heterocycles. The van der Waals surface area contributed by atoms with Crippen molar-refractivity contribution in [1.29, 1.82) is 0 Å². The quantitative estimate of drug-likeness (QED) is 0.580. The fourth-order valence-corrected chi connectivity index (χ4v) is 4.09. The van der Waals surface area contributed by atoms with Gasteiger partial charge in [-0.05, 0) is 37.3 Å². The molecule has 0 saturated carbocycles. The summed E-state index contributed by atoms with van der Waals surface area (Å²) < 4.78 is 10.6. The van der Waals surface area contributed by atoms with Gasteiger partial charge in [0.25, 0.3) is 5.91 Å². The van der Waals surface area contributed by atoms with Crippen molar-refractivity contribution in [2.45, 2.75) is 19.8 Å². The zero-order valence-electron chi connectivity index (χ0n) is 18.3. The van der Waals surface area contributed by atoms with Gasteiger partial charge in [-0.15, -0.1) is 0 Å². The SMILES string of the molecule is CCOC(=O)C1CCN(C(=O)c2cnc(Nc3ccccc3OC)c3ccccc23)CC1. The predicted molar refractivity (Wildman–Crippen MR) is 123 cm³/mol. The summed E-state index contributed by atoms with van der Waals surface area (Å²) in [4.78, 5) is 31.7. The fourth-order valence-electron chi connectivity index (χ4n) is 4.09. The van der Waals surface area contributed by atoms with Crippen LogP contribution in [-0.2, 0) is 9.53 Å². The van der Waals surface area contributed by atoms with Crippen molar-refractivity contribution in [2.24, 2.45) is 5.92 Å². The van der Waals surface area contributed by atoms with E-state index in [1.165, 1.54) is 0 Å². The van der Waals surface area contributed by atoms with Crippen LogP contribution in [0.2, 0.25) is 0 Å². The third kappa shape index (κ3) is 4.37. The maximum Gasteiger partial charge on any atom is 0.309 e. The monoisotopic (exact) mass is 433 g/mol. The molecule has 1 fully saturated rings. The van der Waals surface area contributed by atoms with Crippen LogP contribution in [-0.4, -0.2) is 48.6 Å². The summed E-state index contributed by atoms with van der Waals surface area (Å²) >= 11 is 0. The summed E-state index contributed by atoms with van der Waals surface area (Å²) in [6, 6.07) is 15.3. The first-order chi connectivity index (χ1) is 15.6. The second-order valence-corrected chi connectivity index (χ2v) is 7.71. The van der Waals surface area contributed by atoms with Gasteiger partial charge in [0.15, 0.2) is 0 Å². The molecule has 1 amide bonds. The lowest BCUT2D eigenvalue weighted by molar-refractivity contribution is -0.149. The molecule has 166 valence electrons. The minimum atomic E-state index is -0.168. The number of piperidine rings is 1. The van der Waals surface area contributed by atoms with Gasteiger partial charge in [0.2, 0.25) is 0 Å². The maximum atomic E-state index is 13.3. The van der Waals surface area contributed by atoms with Gasteiger partial charge < -0.3 is 19.7 Å². The number of amides is 1. The summed E-state index contributed by atoms with van der Waals surface area (Å²) in [5.74, 6) is 0.991. The minimum Gasteiger partial charge on any atom is -0.495 e. The van der Waals surface area contributed by atoms with Crippen LogP contribution >= 0.6 is 0 Å². The molecule has 1 aliphatic heterocycles. The van der Waals surface area contributed by atoms with Crippen molar-refractivity contribution in [1.82, 2.24) is 9.88 Å². The summed E-state index contributed by atoms with van der Waals surface area (Å²) in [5.41, 5.74) is 1.36. The zero-order valence-corrected chi connectivity index (χ0v) is 18.3. The molecule has 0 spiro atoms. The molecule has 1 N–H and O–H groups in total. The summed E-state index contributed by atoms with van der Waals surface area (Å²) in [6.07, 6.45) is 2.85. The van der Waals surface area contributed by atoms with Gasteiger partial charge in [0, 0.05) is 24.7 Å². The first kappa shape index (κ1) is 21.6. The van der Waals surface area contributed by atoms with Crippen LogP contribution < -0.4 is 10.1 Å². The first-order valence-electron chi connectivity index (χ1n) is 10.9. The van der Waals surface area contributed by atoms with E-state index in [0.717, 1.165) is 16.5 Å². The largest absolute Gasteiger partial charge is 0.495 e. The number of rotatable bonds is 6. The lowest BCUT2D eigenvalue weighted by atomic mass is 9.96. The van der Waals surface area contributed by atoms with Gasteiger partial charge in [-0.3, -0.25) is 9.59 Å². The standard InChI is InChI=1S/C25H27N3O4/c1-3-32-25(30)17-12-14-28(15-13-17)24(29)20-16-26-23(19-9-5-4-8-18(19)20)27-21-10-6-7-11-22(21)31-2/h4-11,16-17H,3,12-15H2,1-2H3,(H,26,27). The number of anilines is 2. The number of pyridine rings is 1. The number of hydrogen-bond acceptors (Lipinski definition) is 6. The lowest BCUT2D eigenvalue weighted by Gasteiger charge is -2.31. The minimum absolute atomic E-state index is 0.0696. The summed E-state index contributed by atoms with van der Waals surface area (Å²) in [6.45, 7) is 3.24. The number of methoxy groups -OCH3 is 1. The average Bonchev–Trinajstić information content (AvgIpc) is 2.84. The van der Waals surface area contributed by atoms with E-state index >= 15 is 0 Å². The van der Waals surface area contributed by atoms with Crippen LogP contribution in [0.3, 0.4) is 0 Å². The molecule has 3 aromatic rings. The lowest BCUT2D eigenvalue weighted by Crippen LogP contribution is -2.40. The van der Waals surface area contributed by atoms with Gasteiger partial charge in [0.1, 0.15) is 11.6 Å². The Kier molecular flexibility index (Phi) is 6.54. The number of carbonyl (C=O) groups excluding carboxylic acids is 2. The Morgan fingerprint density at radius 3 is 2.47 bits per heavy atom. The number of para-hydroxylation sites is 2. The van der Waals surface area contributed by atoms with Gasteiger partial charge in [-0.2, -0.15) is 0 Å². The molecule has 7 heteroatoms. The number of nitrogens with zero attached hydrogens (tertiary/aromatic N) is 2. The third-order valence-corrected chi connectivity index (χ3v) is 5.79. The maximum absolute atomic E-state index is 13.3. The molecule has 0 atom stereocenters. The second kappa shape index (κ2) is 9.68. The average molecular weight is 434 g/mol. The molecule has 0 bridgehead atoms. The highest BCUT2D eigenvalue weighted by Crippen LogP contribution is 2.32. The molecular formula is C25H27N3O4. The van der Waals surface area contributed by atoms with Crippen molar-refractivity contribution in [3.05, 3.63) is 60.3 Å². The van der Waals surface area contributed by atoms with E-state index in [2.05, 4.69) is 10.3 Å². The Bertz CT molecular complexity index is 1120. The highest BCUT2D eigenvalue weighted by atomic mass is 16.5. The number of esters is 1. The number of ether oxygens (including phenoxy) is 2. The smallest absolute Gasteiger partial charge is 0.309 e. The Hall–Kier alpha value is -3.61. The Labute approximate surface area is 187 Å². The zero-order chi connectivity index (χ0) is 22.5. The normalized spacial score (nSPS) is 14.2. The number of likely N-dealkylation sites (tertiary alicyclic amines) is 1. The van der Waals surface area contributed by atoms with E-state index < -0.39 is 0 Å². The molecule has 0 aliphatic carbocycles. The molecule has 2 aromatic carbocycles. The van der Waals surface area contributed by atoms with Crippen molar-refractivity contribution in [3.8, 4) is 5.75 Å². The van der Waals surface area contributed by atoms with Crippen LogP contribution in [0, 0.1) is 5.92 Å². The molecular weight excluding hydrogens is 406 g/mol. The topological polar surface area (TPSA) is 80.8 Å². The van der Waals surface area contributed by atoms with Gasteiger partial charge in [-0.1, -0.05) is 36.4 Å². The van der Waals surface area contributed by atoms with Crippen LogP contribution in [0.5, 0.6) is 5.75 Å². The van der Waals surface area contributed by atoms with Gasteiger partial charge >= 0.3 is 5.97 Å². The van der Waals surface area contributed by atoms with Gasteiger partial charge in [0.05, 0.1) is 30.9 Å². The van der Waals surface area contributed by atoms with Crippen LogP contribution in [0.1, 0.15) is 30.1 Å². The molecule has 0 unspecified atom stereocenters. The Balaban J connectivity index is 1.58. The van der Waals surface area contributed by atoms with Gasteiger partial charge in [-0.25, -0.2) is 4.98 Å². The van der Waals surface area contributed by atoms with Crippen LogP contribution in [0.25, 0.3) is 10.8 Å². The number of nitrogens with one attached hydrogen (secondary N) is 1. The summed E-state index contributed by atoms with van der Waals surface area (Å²) in [7, 11) is 1.62. The molecule has 1 aliphatic rings. The highest BCUT2D eigenvalue weighted by molar-refractivity contribution is 6.09. The second-order valence-electron chi connectivity index (χ2n) is 7.71. The third-order valence-electron chi connectivity index (χ3n) is 5.79. The fraction of sp³-hybridized carbons (Fsp3) is 0.320. The number of benzene rings is 2. The molecule has 2 heterocycles. The molecule has 1 aromatic heterocycles. The van der Waals surface area contributed by atoms with E-state index in [1.807, 2.05) is 48.5 Å². The Morgan fingerprint density at radius 2 is 1.75 bits per heavy atom. The van der Waals surface area contributed by atoms with E-state index in [-0.39, 0.29) is 17.8 Å². The highest BCUT2D eigenvalue weighted by Gasteiger charge is 2.29. The van der Waals surface area contributed by atoms with E-state index in [1.54, 1.807) is 25.1 Å². The van der Waals surface area contributed by atoms with E-state index in [0.29, 0.717) is 49.7 Å². The van der Waals surface area contributed by atoms with E-state index in [9.17, 15) is 9.59 Å². The molecule has 7 nitrogen and oxygen atoms in total. The predicted octanol–water partition coefficient (Wildman–Crippen LogP) is 4.40. The van der Waals surface area contributed by atoms with Crippen LogP contribution in [0.4, 0.5) is 11.5 Å². The van der Waals surface area contributed by atoms with E-state index in [4.69, 9.17) is 9.47 Å². The summed E-state index contributed by atoms with van der Waals surface area (Å²) in [5, 5.41) is 5.01. The molecule has 0 radical (unpaired) electrons.